The fourth-order valence-corrected chi connectivity index (χ4v) is 3.13. The minimum absolute atomic E-state index is 0.107. The summed E-state index contributed by atoms with van der Waals surface area (Å²) in [5.74, 6) is -0.656. The Morgan fingerprint density at radius 1 is 1.24 bits per heavy atom. The van der Waals surface area contributed by atoms with Gasteiger partial charge < -0.3 is 5.11 Å². The van der Waals surface area contributed by atoms with Crippen LogP contribution in [0.2, 0.25) is 5.02 Å². The molecular formula is C14H13ClFNO3S. The molecule has 0 amide bonds. The highest BCUT2D eigenvalue weighted by molar-refractivity contribution is 7.92. The second-order valence-electron chi connectivity index (χ2n) is 4.50. The van der Waals surface area contributed by atoms with Gasteiger partial charge in [0, 0.05) is 5.02 Å². The van der Waals surface area contributed by atoms with Gasteiger partial charge in [-0.05, 0) is 42.3 Å². The molecule has 0 atom stereocenters. The summed E-state index contributed by atoms with van der Waals surface area (Å²) in [6, 6.07) is 8.10. The summed E-state index contributed by atoms with van der Waals surface area (Å²) in [4.78, 5) is -0.107. The molecule has 2 aromatic rings. The smallest absolute Gasteiger partial charge is 0.262 e. The van der Waals surface area contributed by atoms with E-state index in [9.17, 15) is 12.8 Å². The largest absolute Gasteiger partial charge is 0.392 e. The second-order valence-corrected chi connectivity index (χ2v) is 6.59. The zero-order valence-corrected chi connectivity index (χ0v) is 12.7. The number of benzene rings is 2. The average Bonchev–Trinajstić information content (AvgIpc) is 2.42. The molecule has 7 heteroatoms. The van der Waals surface area contributed by atoms with E-state index in [-0.39, 0.29) is 22.2 Å². The van der Waals surface area contributed by atoms with Gasteiger partial charge in [0.05, 0.1) is 17.2 Å². The molecule has 0 aliphatic heterocycles. The Bertz CT molecular complexity index is 778. The van der Waals surface area contributed by atoms with Crippen molar-refractivity contribution in [1.29, 1.82) is 0 Å². The summed E-state index contributed by atoms with van der Waals surface area (Å²) in [5, 5.41) is 9.14. The van der Waals surface area contributed by atoms with Gasteiger partial charge in [0.15, 0.2) is 0 Å². The molecule has 0 radical (unpaired) electrons. The quantitative estimate of drug-likeness (QED) is 0.906. The van der Waals surface area contributed by atoms with Crippen molar-refractivity contribution in [2.24, 2.45) is 0 Å². The predicted molar refractivity (Wildman–Crippen MR) is 79.3 cm³/mol. The van der Waals surface area contributed by atoms with E-state index in [1.54, 1.807) is 13.0 Å². The van der Waals surface area contributed by atoms with E-state index in [1.165, 1.54) is 30.3 Å². The number of anilines is 1. The highest BCUT2D eigenvalue weighted by Gasteiger charge is 2.17. The van der Waals surface area contributed by atoms with Crippen LogP contribution >= 0.6 is 11.6 Å². The van der Waals surface area contributed by atoms with Crippen LogP contribution in [-0.2, 0) is 16.6 Å². The van der Waals surface area contributed by atoms with Gasteiger partial charge in [0.2, 0.25) is 0 Å². The maximum Gasteiger partial charge on any atom is 0.262 e. The summed E-state index contributed by atoms with van der Waals surface area (Å²) in [6.45, 7) is 1.41. The SMILES string of the molecule is Cc1ccc(NS(=O)(=O)c2ccc(CO)c(Cl)c2)c(F)c1. The maximum absolute atomic E-state index is 13.7. The fraction of sp³-hybridized carbons (Fsp3) is 0.143. The van der Waals surface area contributed by atoms with Crippen LogP contribution in [0.3, 0.4) is 0 Å². The van der Waals surface area contributed by atoms with Crippen LogP contribution in [0.4, 0.5) is 10.1 Å². The predicted octanol–water partition coefficient (Wildman–Crippen LogP) is 3.08. The van der Waals surface area contributed by atoms with Crippen molar-refractivity contribution in [3.05, 3.63) is 58.4 Å². The Labute approximate surface area is 127 Å². The summed E-state index contributed by atoms with van der Waals surface area (Å²) >= 11 is 5.86. The number of aliphatic hydroxyl groups is 1. The number of rotatable bonds is 4. The molecule has 2 rings (SSSR count). The molecule has 0 bridgehead atoms. The topological polar surface area (TPSA) is 66.4 Å². The lowest BCUT2D eigenvalue weighted by molar-refractivity contribution is 0.282. The third kappa shape index (κ3) is 3.53. The van der Waals surface area contributed by atoms with Gasteiger partial charge in [-0.15, -0.1) is 0 Å². The molecule has 112 valence electrons. The molecule has 4 nitrogen and oxygen atoms in total. The molecule has 0 aliphatic carbocycles. The van der Waals surface area contributed by atoms with Crippen molar-refractivity contribution in [1.82, 2.24) is 0 Å². The summed E-state index contributed by atoms with van der Waals surface area (Å²) < 4.78 is 40.3. The molecule has 0 unspecified atom stereocenters. The van der Waals surface area contributed by atoms with Crippen molar-refractivity contribution in [2.75, 3.05) is 4.72 Å². The first-order valence-electron chi connectivity index (χ1n) is 6.02. The van der Waals surface area contributed by atoms with Gasteiger partial charge in [-0.25, -0.2) is 12.8 Å². The zero-order valence-electron chi connectivity index (χ0n) is 11.1. The summed E-state index contributed by atoms with van der Waals surface area (Å²) in [6.07, 6.45) is 0. The molecule has 0 aliphatic rings. The number of aryl methyl sites for hydroxylation is 1. The number of halogens is 2. The number of hydrogen-bond acceptors (Lipinski definition) is 3. The minimum atomic E-state index is -3.95. The molecule has 21 heavy (non-hydrogen) atoms. The van der Waals surface area contributed by atoms with Crippen molar-refractivity contribution in [3.63, 3.8) is 0 Å². The van der Waals surface area contributed by atoms with E-state index in [0.717, 1.165) is 0 Å². The van der Waals surface area contributed by atoms with Crippen molar-refractivity contribution in [3.8, 4) is 0 Å². The Morgan fingerprint density at radius 2 is 1.95 bits per heavy atom. The molecule has 0 heterocycles. The van der Waals surface area contributed by atoms with Crippen LogP contribution in [0.25, 0.3) is 0 Å². The monoisotopic (exact) mass is 329 g/mol. The standard InChI is InChI=1S/C14H13ClFNO3S/c1-9-2-5-14(13(16)6-9)17-21(19,20)11-4-3-10(8-18)12(15)7-11/h2-7,17-18H,8H2,1H3. The van der Waals surface area contributed by atoms with Gasteiger partial charge in [-0.2, -0.15) is 0 Å². The van der Waals surface area contributed by atoms with E-state index >= 15 is 0 Å². The van der Waals surface area contributed by atoms with Gasteiger partial charge in [0.25, 0.3) is 10.0 Å². The van der Waals surface area contributed by atoms with Crippen LogP contribution < -0.4 is 4.72 Å². The Morgan fingerprint density at radius 3 is 2.52 bits per heavy atom. The molecular weight excluding hydrogens is 317 g/mol. The van der Waals surface area contributed by atoms with Crippen molar-refractivity contribution < 1.29 is 17.9 Å². The highest BCUT2D eigenvalue weighted by Crippen LogP contribution is 2.24. The molecule has 0 fully saturated rings. The van der Waals surface area contributed by atoms with Crippen LogP contribution in [0.5, 0.6) is 0 Å². The molecule has 0 aromatic heterocycles. The lowest BCUT2D eigenvalue weighted by atomic mass is 10.2. The summed E-state index contributed by atoms with van der Waals surface area (Å²) in [5.41, 5.74) is 0.964. The first-order valence-corrected chi connectivity index (χ1v) is 7.88. The minimum Gasteiger partial charge on any atom is -0.392 e. The first kappa shape index (κ1) is 15.8. The number of aliphatic hydroxyl groups excluding tert-OH is 1. The van der Waals surface area contributed by atoms with Crippen LogP contribution in [0.15, 0.2) is 41.3 Å². The van der Waals surface area contributed by atoms with E-state index < -0.39 is 15.8 Å². The second kappa shape index (κ2) is 6.01. The van der Waals surface area contributed by atoms with Crippen LogP contribution in [0.1, 0.15) is 11.1 Å². The van der Waals surface area contributed by atoms with Gasteiger partial charge in [-0.1, -0.05) is 23.7 Å². The molecule has 0 spiro atoms. The Hall–Kier alpha value is -1.63. The van der Waals surface area contributed by atoms with E-state index in [0.29, 0.717) is 11.1 Å². The lowest BCUT2D eigenvalue weighted by Crippen LogP contribution is -2.14. The average molecular weight is 330 g/mol. The maximum atomic E-state index is 13.7. The highest BCUT2D eigenvalue weighted by atomic mass is 35.5. The third-order valence-corrected chi connectivity index (χ3v) is 4.59. The van der Waals surface area contributed by atoms with E-state index in [2.05, 4.69) is 4.72 Å². The van der Waals surface area contributed by atoms with Crippen LogP contribution in [-0.4, -0.2) is 13.5 Å². The number of sulfonamides is 1. The van der Waals surface area contributed by atoms with Gasteiger partial charge in [0.1, 0.15) is 5.82 Å². The number of hydrogen-bond donors (Lipinski definition) is 2. The number of nitrogens with one attached hydrogen (secondary N) is 1. The van der Waals surface area contributed by atoms with Gasteiger partial charge >= 0.3 is 0 Å². The Balaban J connectivity index is 2.36. The summed E-state index contributed by atoms with van der Waals surface area (Å²) in [7, 11) is -3.95. The molecule has 0 saturated heterocycles. The van der Waals surface area contributed by atoms with Gasteiger partial charge in [-0.3, -0.25) is 4.72 Å². The molecule has 2 N–H and O–H groups in total. The van der Waals surface area contributed by atoms with Crippen LogP contribution in [0, 0.1) is 12.7 Å². The van der Waals surface area contributed by atoms with Crippen molar-refractivity contribution in [2.45, 2.75) is 18.4 Å². The zero-order chi connectivity index (χ0) is 15.6. The fourth-order valence-electron chi connectivity index (χ4n) is 1.73. The lowest BCUT2D eigenvalue weighted by Gasteiger charge is -2.10. The van der Waals surface area contributed by atoms with E-state index in [1.807, 2.05) is 0 Å². The van der Waals surface area contributed by atoms with Crippen molar-refractivity contribution >= 4 is 27.3 Å². The third-order valence-electron chi connectivity index (χ3n) is 2.87. The Kier molecular flexibility index (Phi) is 4.51. The first-order chi connectivity index (χ1) is 9.83. The normalized spacial score (nSPS) is 11.4. The molecule has 2 aromatic carbocycles. The molecule has 0 saturated carbocycles. The van der Waals surface area contributed by atoms with E-state index in [4.69, 9.17) is 16.7 Å².